The number of anilines is 2. The van der Waals surface area contributed by atoms with E-state index in [1.54, 1.807) is 23.6 Å². The first-order valence-corrected chi connectivity index (χ1v) is 12.7. The van der Waals surface area contributed by atoms with E-state index in [0.717, 1.165) is 43.4 Å². The predicted molar refractivity (Wildman–Crippen MR) is 146 cm³/mol. The molecule has 0 bridgehead atoms. The van der Waals surface area contributed by atoms with Crippen molar-refractivity contribution in [3.05, 3.63) is 77.6 Å². The Balaban J connectivity index is 1.45. The quantitative estimate of drug-likeness (QED) is 0.146. The van der Waals surface area contributed by atoms with Crippen LogP contribution in [0.3, 0.4) is 0 Å². The average Bonchev–Trinajstić information content (AvgIpc) is 3.41. The summed E-state index contributed by atoms with van der Waals surface area (Å²) in [7, 11) is 1.59. The van der Waals surface area contributed by atoms with Crippen LogP contribution in [0.5, 0.6) is 5.75 Å². The molecule has 0 saturated carbocycles. The van der Waals surface area contributed by atoms with Crippen molar-refractivity contribution in [2.45, 2.75) is 44.9 Å². The number of aromatic amines is 1. The number of methoxy groups -OCH3 is 1. The van der Waals surface area contributed by atoms with Crippen LogP contribution in [0, 0.1) is 0 Å². The van der Waals surface area contributed by atoms with Gasteiger partial charge in [-0.3, -0.25) is 14.9 Å². The highest BCUT2D eigenvalue weighted by Gasteiger charge is 2.18. The number of urea groups is 1. The first kappa shape index (κ1) is 26.0. The Morgan fingerprint density at radius 3 is 2.62 bits per heavy atom. The van der Waals surface area contributed by atoms with Crippen molar-refractivity contribution in [3.63, 3.8) is 0 Å². The van der Waals surface area contributed by atoms with Gasteiger partial charge in [0.05, 0.1) is 7.11 Å². The van der Waals surface area contributed by atoms with E-state index in [1.807, 2.05) is 36.5 Å². The zero-order chi connectivity index (χ0) is 26.0. The highest BCUT2D eigenvalue weighted by atomic mass is 16.5. The zero-order valence-corrected chi connectivity index (χ0v) is 21.1. The van der Waals surface area contributed by atoms with Gasteiger partial charge >= 0.3 is 6.03 Å². The van der Waals surface area contributed by atoms with E-state index >= 15 is 0 Å². The van der Waals surface area contributed by atoms with Crippen molar-refractivity contribution in [3.8, 4) is 5.75 Å². The molecule has 8 nitrogen and oxygen atoms in total. The SMILES string of the molecule is COc1cccc(NC(=O)N(CCCCCCC(=O)NO)c2ccc(C3=Cc4[nH]ccc4CC3)cc2)c1. The van der Waals surface area contributed by atoms with E-state index in [1.165, 1.54) is 16.8 Å². The normalized spacial score (nSPS) is 12.3. The number of carbonyl (C=O) groups is 2. The lowest BCUT2D eigenvalue weighted by Gasteiger charge is -2.24. The highest BCUT2D eigenvalue weighted by molar-refractivity contribution is 6.02. The van der Waals surface area contributed by atoms with Gasteiger partial charge in [-0.05, 0) is 78.8 Å². The van der Waals surface area contributed by atoms with Crippen LogP contribution in [0.4, 0.5) is 16.2 Å². The molecule has 8 heteroatoms. The number of hydrogen-bond acceptors (Lipinski definition) is 4. The molecule has 0 radical (unpaired) electrons. The number of aromatic nitrogens is 1. The molecule has 1 aliphatic carbocycles. The molecule has 0 saturated heterocycles. The van der Waals surface area contributed by atoms with E-state index in [-0.39, 0.29) is 18.4 Å². The Morgan fingerprint density at radius 1 is 1.03 bits per heavy atom. The third kappa shape index (κ3) is 7.01. The van der Waals surface area contributed by atoms with Crippen LogP contribution in [-0.4, -0.2) is 35.8 Å². The van der Waals surface area contributed by atoms with Gasteiger partial charge in [0.1, 0.15) is 5.75 Å². The molecule has 1 aromatic heterocycles. The molecule has 0 spiro atoms. The first-order chi connectivity index (χ1) is 18.1. The molecule has 1 aliphatic rings. The van der Waals surface area contributed by atoms with Crippen molar-refractivity contribution < 1.29 is 19.5 Å². The van der Waals surface area contributed by atoms with Gasteiger partial charge in [-0.1, -0.05) is 31.0 Å². The van der Waals surface area contributed by atoms with Gasteiger partial charge in [-0.25, -0.2) is 10.3 Å². The smallest absolute Gasteiger partial charge is 0.326 e. The Labute approximate surface area is 217 Å². The molecule has 3 aromatic rings. The van der Waals surface area contributed by atoms with Crippen LogP contribution in [0.25, 0.3) is 11.6 Å². The Morgan fingerprint density at radius 2 is 1.84 bits per heavy atom. The van der Waals surface area contributed by atoms with E-state index in [4.69, 9.17) is 9.94 Å². The number of carbonyl (C=O) groups excluding carboxylic acids is 2. The maximum absolute atomic E-state index is 13.3. The summed E-state index contributed by atoms with van der Waals surface area (Å²) in [6.07, 6.45) is 9.66. The number of hydroxylamine groups is 1. The van der Waals surface area contributed by atoms with Crippen molar-refractivity contribution >= 4 is 35.0 Å². The van der Waals surface area contributed by atoms with Crippen molar-refractivity contribution in [1.82, 2.24) is 10.5 Å². The summed E-state index contributed by atoms with van der Waals surface area (Å²) < 4.78 is 5.28. The maximum atomic E-state index is 13.3. The molecule has 194 valence electrons. The van der Waals surface area contributed by atoms with E-state index < -0.39 is 0 Å². The number of benzene rings is 2. The lowest BCUT2D eigenvalue weighted by atomic mass is 9.92. The molecule has 4 rings (SSSR count). The first-order valence-electron chi connectivity index (χ1n) is 12.7. The van der Waals surface area contributed by atoms with Gasteiger partial charge in [-0.15, -0.1) is 0 Å². The van der Waals surface area contributed by atoms with Gasteiger partial charge < -0.3 is 15.0 Å². The lowest BCUT2D eigenvalue weighted by Crippen LogP contribution is -2.35. The summed E-state index contributed by atoms with van der Waals surface area (Å²) in [5, 5.41) is 11.6. The number of unbranched alkanes of at least 4 members (excludes halogenated alkanes) is 3. The van der Waals surface area contributed by atoms with Gasteiger partial charge in [0.15, 0.2) is 0 Å². The second kappa shape index (κ2) is 12.8. The summed E-state index contributed by atoms with van der Waals surface area (Å²) in [5.41, 5.74) is 8.08. The topological polar surface area (TPSA) is 107 Å². The third-order valence-electron chi connectivity index (χ3n) is 6.63. The third-order valence-corrected chi connectivity index (χ3v) is 6.63. The molecule has 1 heterocycles. The minimum absolute atomic E-state index is 0.214. The lowest BCUT2D eigenvalue weighted by molar-refractivity contribution is -0.129. The fourth-order valence-electron chi connectivity index (χ4n) is 4.57. The molecule has 3 amide bonds. The number of amides is 3. The molecule has 2 aromatic carbocycles. The second-order valence-electron chi connectivity index (χ2n) is 9.15. The number of H-pyrrole nitrogens is 1. The number of aryl methyl sites for hydroxylation is 1. The molecule has 37 heavy (non-hydrogen) atoms. The van der Waals surface area contributed by atoms with Crippen molar-refractivity contribution in [1.29, 1.82) is 0 Å². The largest absolute Gasteiger partial charge is 0.497 e. The number of nitrogens with zero attached hydrogens (tertiary/aromatic N) is 1. The van der Waals surface area contributed by atoms with Gasteiger partial charge in [0, 0.05) is 42.3 Å². The average molecular weight is 503 g/mol. The summed E-state index contributed by atoms with van der Waals surface area (Å²) in [6.45, 7) is 0.538. The summed E-state index contributed by atoms with van der Waals surface area (Å²) in [6, 6.07) is 17.4. The monoisotopic (exact) mass is 502 g/mol. The van der Waals surface area contributed by atoms with Gasteiger partial charge in [0.25, 0.3) is 0 Å². The number of nitrogens with one attached hydrogen (secondary N) is 3. The van der Waals surface area contributed by atoms with E-state index in [2.05, 4.69) is 34.6 Å². The van der Waals surface area contributed by atoms with E-state index in [9.17, 15) is 9.59 Å². The zero-order valence-electron chi connectivity index (χ0n) is 21.1. The molecule has 0 aliphatic heterocycles. The molecule has 4 N–H and O–H groups in total. The van der Waals surface area contributed by atoms with Crippen molar-refractivity contribution in [2.75, 3.05) is 23.9 Å². The summed E-state index contributed by atoms with van der Waals surface area (Å²) in [4.78, 5) is 29.6. The standard InChI is InChI=1S/C29H34N4O4/c1-37-26-8-6-7-24(20-26)31-29(35)33(18-5-3-2-4-9-28(34)32-36)25-14-12-21(13-15-25)23-11-10-22-16-17-30-27(22)19-23/h6-8,12-17,19-20,30,36H,2-5,9-11,18H2,1H3,(H,31,35)(H,32,34). The second-order valence-corrected chi connectivity index (χ2v) is 9.15. The van der Waals surface area contributed by atoms with Gasteiger partial charge in [-0.2, -0.15) is 0 Å². The summed E-state index contributed by atoms with van der Waals surface area (Å²) >= 11 is 0. The fourth-order valence-corrected chi connectivity index (χ4v) is 4.57. The maximum Gasteiger partial charge on any atom is 0.326 e. The van der Waals surface area contributed by atoms with Crippen LogP contribution in [0.1, 0.15) is 55.3 Å². The minimum Gasteiger partial charge on any atom is -0.497 e. The Bertz CT molecular complexity index is 1230. The van der Waals surface area contributed by atoms with E-state index in [0.29, 0.717) is 24.4 Å². The van der Waals surface area contributed by atoms with Crippen LogP contribution < -0.4 is 20.4 Å². The van der Waals surface area contributed by atoms with Crippen LogP contribution >= 0.6 is 0 Å². The highest BCUT2D eigenvalue weighted by Crippen LogP contribution is 2.31. The van der Waals surface area contributed by atoms with Crippen molar-refractivity contribution in [2.24, 2.45) is 0 Å². The van der Waals surface area contributed by atoms with Crippen LogP contribution in [-0.2, 0) is 11.2 Å². The molecular weight excluding hydrogens is 468 g/mol. The number of rotatable bonds is 11. The molecule has 0 fully saturated rings. The predicted octanol–water partition coefficient (Wildman–Crippen LogP) is 6.00. The van der Waals surface area contributed by atoms with Crippen LogP contribution in [0.2, 0.25) is 0 Å². The molecule has 0 atom stereocenters. The fraction of sp³-hybridized carbons (Fsp3) is 0.310. The number of ether oxygens (including phenoxy) is 1. The number of hydrogen-bond donors (Lipinski definition) is 4. The number of allylic oxidation sites excluding steroid dienone is 1. The summed E-state index contributed by atoms with van der Waals surface area (Å²) in [5.74, 6) is 0.298. The molecular formula is C29H34N4O4. The van der Waals surface area contributed by atoms with Crippen LogP contribution in [0.15, 0.2) is 60.8 Å². The minimum atomic E-state index is -0.375. The number of fused-ring (bicyclic) bond motifs is 1. The Hall–Kier alpha value is -4.04. The Kier molecular flexibility index (Phi) is 8.99. The van der Waals surface area contributed by atoms with Gasteiger partial charge in [0.2, 0.25) is 5.91 Å². The molecule has 0 unspecified atom stereocenters.